The van der Waals surface area contributed by atoms with Crippen LogP contribution in [0.25, 0.3) is 0 Å². The van der Waals surface area contributed by atoms with Crippen LogP contribution in [-0.2, 0) is 14.3 Å². The molecule has 13 heavy (non-hydrogen) atoms. The second-order valence-corrected chi connectivity index (χ2v) is 2.93. The third-order valence-electron chi connectivity index (χ3n) is 2.12. The second kappa shape index (κ2) is 4.23. The van der Waals surface area contributed by atoms with Gasteiger partial charge >= 0.3 is 0 Å². The molecule has 1 rings (SSSR count). The molecule has 0 aromatic rings. The predicted octanol–water partition coefficient (Wildman–Crippen LogP) is -1.02. The van der Waals surface area contributed by atoms with Gasteiger partial charge in [0, 0.05) is 13.6 Å². The van der Waals surface area contributed by atoms with Gasteiger partial charge < -0.3 is 15.0 Å². The van der Waals surface area contributed by atoms with Gasteiger partial charge in [0.05, 0.1) is 6.61 Å². The molecule has 0 bridgehead atoms. The molecule has 1 unspecified atom stereocenters. The largest absolute Gasteiger partial charge is 0.370 e. The summed E-state index contributed by atoms with van der Waals surface area (Å²) in [6.07, 6.45) is 0. The van der Waals surface area contributed by atoms with Gasteiger partial charge in [-0.25, -0.2) is 0 Å². The van der Waals surface area contributed by atoms with Crippen molar-refractivity contribution < 1.29 is 14.3 Å². The maximum absolute atomic E-state index is 11.3. The van der Waals surface area contributed by atoms with Crippen molar-refractivity contribution in [3.63, 3.8) is 0 Å². The van der Waals surface area contributed by atoms with E-state index in [1.807, 2.05) is 0 Å². The molecule has 1 aliphatic rings. The summed E-state index contributed by atoms with van der Waals surface area (Å²) < 4.78 is 4.95. The van der Waals surface area contributed by atoms with E-state index in [1.165, 1.54) is 4.90 Å². The summed E-state index contributed by atoms with van der Waals surface area (Å²) in [6, 6.07) is -0.401. The van der Waals surface area contributed by atoms with Crippen LogP contribution in [0.4, 0.5) is 0 Å². The first kappa shape index (κ1) is 9.98. The molecule has 0 saturated carbocycles. The zero-order valence-corrected chi connectivity index (χ0v) is 7.87. The Bertz CT molecular complexity index is 217. The quantitative estimate of drug-likeness (QED) is 0.600. The summed E-state index contributed by atoms with van der Waals surface area (Å²) in [5, 5.41) is 2.51. The molecular formula is C8H14N2O3. The van der Waals surface area contributed by atoms with Crippen LogP contribution in [0, 0.1) is 0 Å². The van der Waals surface area contributed by atoms with Gasteiger partial charge in [-0.3, -0.25) is 9.59 Å². The third-order valence-corrected chi connectivity index (χ3v) is 2.12. The minimum absolute atomic E-state index is 0.0847. The van der Waals surface area contributed by atoms with Gasteiger partial charge in [0.25, 0.3) is 0 Å². The molecule has 1 fully saturated rings. The van der Waals surface area contributed by atoms with Gasteiger partial charge in [-0.15, -0.1) is 0 Å². The monoisotopic (exact) mass is 186 g/mol. The minimum Gasteiger partial charge on any atom is -0.370 e. The summed E-state index contributed by atoms with van der Waals surface area (Å²) in [7, 11) is 1.56. The third kappa shape index (κ3) is 2.18. The van der Waals surface area contributed by atoms with Crippen LogP contribution in [0.2, 0.25) is 0 Å². The van der Waals surface area contributed by atoms with Crippen molar-refractivity contribution in [2.24, 2.45) is 0 Å². The lowest BCUT2D eigenvalue weighted by Gasteiger charge is -2.31. The fraction of sp³-hybridized carbons (Fsp3) is 0.750. The maximum atomic E-state index is 11.3. The standard InChI is InChI=1S/C8H14N2O3/c1-6(8(12)9-2)10-3-4-13-5-7(10)11/h6H,3-5H2,1-2H3,(H,9,12). The topological polar surface area (TPSA) is 58.6 Å². The van der Waals surface area contributed by atoms with Crippen molar-refractivity contribution >= 4 is 11.8 Å². The number of rotatable bonds is 2. The molecule has 1 aliphatic heterocycles. The fourth-order valence-electron chi connectivity index (χ4n) is 1.29. The van der Waals surface area contributed by atoms with Crippen molar-refractivity contribution in [2.75, 3.05) is 26.8 Å². The van der Waals surface area contributed by atoms with Gasteiger partial charge in [0.1, 0.15) is 12.6 Å². The fourth-order valence-corrected chi connectivity index (χ4v) is 1.29. The first-order valence-electron chi connectivity index (χ1n) is 4.25. The van der Waals surface area contributed by atoms with E-state index in [0.717, 1.165) is 0 Å². The Morgan fingerprint density at radius 2 is 2.38 bits per heavy atom. The first-order valence-corrected chi connectivity index (χ1v) is 4.25. The zero-order valence-electron chi connectivity index (χ0n) is 7.87. The molecule has 0 radical (unpaired) electrons. The van der Waals surface area contributed by atoms with E-state index in [-0.39, 0.29) is 18.4 Å². The van der Waals surface area contributed by atoms with Gasteiger partial charge in [-0.2, -0.15) is 0 Å². The van der Waals surface area contributed by atoms with E-state index in [4.69, 9.17) is 4.74 Å². The highest BCUT2D eigenvalue weighted by atomic mass is 16.5. The summed E-state index contributed by atoms with van der Waals surface area (Å²) in [4.78, 5) is 24.0. The summed E-state index contributed by atoms with van der Waals surface area (Å²) >= 11 is 0. The lowest BCUT2D eigenvalue weighted by molar-refractivity contribution is -0.149. The highest BCUT2D eigenvalue weighted by Crippen LogP contribution is 2.04. The Labute approximate surface area is 77.0 Å². The number of nitrogens with one attached hydrogen (secondary N) is 1. The number of ether oxygens (including phenoxy) is 1. The molecule has 5 nitrogen and oxygen atoms in total. The summed E-state index contributed by atoms with van der Waals surface area (Å²) in [6.45, 7) is 2.80. The second-order valence-electron chi connectivity index (χ2n) is 2.93. The summed E-state index contributed by atoms with van der Waals surface area (Å²) in [5.41, 5.74) is 0. The normalized spacial score (nSPS) is 19.8. The van der Waals surface area contributed by atoms with E-state index in [1.54, 1.807) is 14.0 Å². The molecule has 0 spiro atoms. The number of hydrogen-bond acceptors (Lipinski definition) is 3. The molecular weight excluding hydrogens is 172 g/mol. The zero-order chi connectivity index (χ0) is 9.84. The van der Waals surface area contributed by atoms with Crippen LogP contribution in [0.5, 0.6) is 0 Å². The van der Waals surface area contributed by atoms with Crippen LogP contribution >= 0.6 is 0 Å². The smallest absolute Gasteiger partial charge is 0.249 e. The number of nitrogens with zero attached hydrogens (tertiary/aromatic N) is 1. The lowest BCUT2D eigenvalue weighted by atomic mass is 10.2. The molecule has 5 heteroatoms. The van der Waals surface area contributed by atoms with Gasteiger partial charge in [-0.1, -0.05) is 0 Å². The lowest BCUT2D eigenvalue weighted by Crippen LogP contribution is -2.52. The van der Waals surface area contributed by atoms with E-state index in [2.05, 4.69) is 5.32 Å². The van der Waals surface area contributed by atoms with Gasteiger partial charge in [0.2, 0.25) is 11.8 Å². The molecule has 0 aliphatic carbocycles. The maximum Gasteiger partial charge on any atom is 0.249 e. The predicted molar refractivity (Wildman–Crippen MR) is 46.1 cm³/mol. The Hall–Kier alpha value is -1.10. The van der Waals surface area contributed by atoms with Crippen LogP contribution < -0.4 is 5.32 Å². The molecule has 0 aromatic carbocycles. The van der Waals surface area contributed by atoms with Crippen LogP contribution in [0.15, 0.2) is 0 Å². The van der Waals surface area contributed by atoms with E-state index < -0.39 is 6.04 Å². The van der Waals surface area contributed by atoms with Crippen molar-refractivity contribution in [3.05, 3.63) is 0 Å². The Kier molecular flexibility index (Phi) is 3.25. The molecule has 0 aromatic heterocycles. The molecule has 1 N–H and O–H groups in total. The van der Waals surface area contributed by atoms with E-state index in [0.29, 0.717) is 13.2 Å². The molecule has 1 heterocycles. The minimum atomic E-state index is -0.401. The van der Waals surface area contributed by atoms with Gasteiger partial charge in [0.15, 0.2) is 0 Å². The Morgan fingerprint density at radius 3 is 2.92 bits per heavy atom. The number of morpholine rings is 1. The summed E-state index contributed by atoms with van der Waals surface area (Å²) in [5.74, 6) is -0.266. The van der Waals surface area contributed by atoms with Crippen molar-refractivity contribution in [1.82, 2.24) is 10.2 Å². The molecule has 2 amide bonds. The number of amides is 2. The highest BCUT2D eigenvalue weighted by molar-refractivity contribution is 5.87. The first-order chi connectivity index (χ1) is 6.16. The van der Waals surface area contributed by atoms with Gasteiger partial charge in [-0.05, 0) is 6.92 Å². The van der Waals surface area contributed by atoms with Crippen molar-refractivity contribution in [3.8, 4) is 0 Å². The number of likely N-dealkylation sites (N-methyl/N-ethyl adjacent to an activating group) is 1. The average Bonchev–Trinajstić information content (AvgIpc) is 2.16. The van der Waals surface area contributed by atoms with Crippen LogP contribution in [-0.4, -0.2) is 49.6 Å². The highest BCUT2D eigenvalue weighted by Gasteiger charge is 2.27. The molecule has 1 saturated heterocycles. The number of carbonyl (C=O) groups excluding carboxylic acids is 2. The van der Waals surface area contributed by atoms with Crippen molar-refractivity contribution in [2.45, 2.75) is 13.0 Å². The van der Waals surface area contributed by atoms with Crippen LogP contribution in [0.3, 0.4) is 0 Å². The molecule has 74 valence electrons. The molecule has 1 atom stereocenters. The SMILES string of the molecule is CNC(=O)C(C)N1CCOCC1=O. The van der Waals surface area contributed by atoms with E-state index >= 15 is 0 Å². The van der Waals surface area contributed by atoms with Crippen molar-refractivity contribution in [1.29, 1.82) is 0 Å². The Balaban J connectivity index is 2.58. The average molecular weight is 186 g/mol. The Morgan fingerprint density at radius 1 is 1.69 bits per heavy atom. The van der Waals surface area contributed by atoms with Crippen LogP contribution in [0.1, 0.15) is 6.92 Å². The number of hydrogen-bond donors (Lipinski definition) is 1. The van der Waals surface area contributed by atoms with E-state index in [9.17, 15) is 9.59 Å². The number of carbonyl (C=O) groups is 2.